The minimum absolute atomic E-state index is 0.0930. The first-order chi connectivity index (χ1) is 24.4. The van der Waals surface area contributed by atoms with Crippen molar-refractivity contribution in [2.45, 2.75) is 51.4 Å². The highest BCUT2D eigenvalue weighted by Crippen LogP contribution is 2.42. The van der Waals surface area contributed by atoms with Crippen molar-refractivity contribution in [3.8, 4) is 39.4 Å². The molecule has 0 radical (unpaired) electrons. The van der Waals surface area contributed by atoms with Crippen LogP contribution in [0.2, 0.25) is 10.0 Å². The Bertz CT molecular complexity index is 2190. The Balaban J connectivity index is 1.14. The first kappa shape index (κ1) is 35.2. The number of methoxy groups -OCH3 is 1. The van der Waals surface area contributed by atoms with E-state index in [0.29, 0.717) is 59.0 Å². The van der Waals surface area contributed by atoms with Gasteiger partial charge in [-0.25, -0.2) is 9.50 Å². The number of halogens is 2. The zero-order chi connectivity index (χ0) is 36.0. The maximum atomic E-state index is 13.4. The molecule has 0 aliphatic carbocycles. The number of hydrogen-bond acceptors (Lipinski definition) is 8. The molecule has 2 fully saturated rings. The molecule has 0 bridgehead atoms. The van der Waals surface area contributed by atoms with E-state index in [1.165, 1.54) is 0 Å². The van der Waals surface area contributed by atoms with Crippen molar-refractivity contribution in [3.05, 3.63) is 92.6 Å². The van der Waals surface area contributed by atoms with E-state index >= 15 is 0 Å². The van der Waals surface area contributed by atoms with Gasteiger partial charge in [-0.2, -0.15) is 5.10 Å². The van der Waals surface area contributed by atoms with E-state index in [0.717, 1.165) is 52.9 Å². The molecule has 1 atom stereocenters. The molecule has 7 rings (SSSR count). The molecule has 0 spiro atoms. The number of aliphatic hydroxyl groups is 1. The lowest BCUT2D eigenvalue weighted by atomic mass is 9.84. The first-order valence-electron chi connectivity index (χ1n) is 17.1. The number of pyridine rings is 1. The fraction of sp³-hybridized carbons (Fsp3) is 0.368. The van der Waals surface area contributed by atoms with Gasteiger partial charge in [0.1, 0.15) is 11.3 Å². The van der Waals surface area contributed by atoms with Gasteiger partial charge >= 0.3 is 0 Å². The molecule has 13 heteroatoms. The second-order valence-corrected chi connectivity index (χ2v) is 14.8. The molecule has 2 aliphatic rings. The third-order valence-electron chi connectivity index (χ3n) is 10.1. The van der Waals surface area contributed by atoms with Gasteiger partial charge in [0.15, 0.2) is 0 Å². The smallest absolute Gasteiger partial charge is 0.277 e. The first-order valence-corrected chi connectivity index (χ1v) is 17.8. The predicted molar refractivity (Wildman–Crippen MR) is 199 cm³/mol. The fourth-order valence-corrected chi connectivity index (χ4v) is 7.51. The maximum Gasteiger partial charge on any atom is 0.277 e. The Morgan fingerprint density at radius 1 is 1.02 bits per heavy atom. The van der Waals surface area contributed by atoms with Crippen LogP contribution in [0.25, 0.3) is 39.0 Å². The number of aromatic nitrogens is 4. The Morgan fingerprint density at radius 2 is 1.71 bits per heavy atom. The number of carbonyl (C=O) groups excluding carboxylic acids is 1. The number of rotatable bonds is 11. The SMILES string of the molecule is COc1nc(-c2cccc(-c3cccc(-c4cc5c(=O)n(C)c(CN6CC(C(C)(C)O)C6)nn5c4)c3Cl)c2Cl)ccc1CNC[C@H]1CCC(=O)N1. The zero-order valence-electron chi connectivity index (χ0n) is 29.0. The molecule has 2 aliphatic heterocycles. The number of likely N-dealkylation sites (tertiary alicyclic amines) is 1. The number of benzene rings is 2. The number of ether oxygens (including phenoxy) is 1. The molecule has 51 heavy (non-hydrogen) atoms. The molecule has 2 saturated heterocycles. The molecular formula is C38H41Cl2N7O4. The van der Waals surface area contributed by atoms with Gasteiger partial charge in [-0.05, 0) is 32.4 Å². The number of fused-ring (bicyclic) bond motifs is 1. The van der Waals surface area contributed by atoms with Crippen molar-refractivity contribution in [2.24, 2.45) is 13.0 Å². The van der Waals surface area contributed by atoms with E-state index in [1.807, 2.05) is 74.6 Å². The molecule has 5 heterocycles. The fourth-order valence-electron chi connectivity index (χ4n) is 6.85. The third-order valence-corrected chi connectivity index (χ3v) is 10.9. The average molecular weight is 731 g/mol. The summed E-state index contributed by atoms with van der Waals surface area (Å²) in [7, 11) is 3.33. The summed E-state index contributed by atoms with van der Waals surface area (Å²) in [6, 6.07) is 17.3. The molecule has 266 valence electrons. The van der Waals surface area contributed by atoms with E-state index < -0.39 is 5.60 Å². The number of nitrogens with one attached hydrogen (secondary N) is 2. The Labute approximate surface area is 306 Å². The summed E-state index contributed by atoms with van der Waals surface area (Å²) < 4.78 is 8.86. The number of amides is 1. The molecule has 5 aromatic rings. The number of carbonyl (C=O) groups is 1. The summed E-state index contributed by atoms with van der Waals surface area (Å²) >= 11 is 14.2. The Hall–Kier alpha value is -4.26. The molecular weight excluding hydrogens is 689 g/mol. The summed E-state index contributed by atoms with van der Waals surface area (Å²) in [5.41, 5.74) is 4.82. The third kappa shape index (κ3) is 7.01. The number of nitrogens with zero attached hydrogens (tertiary/aromatic N) is 5. The lowest BCUT2D eigenvalue weighted by Gasteiger charge is -2.45. The highest BCUT2D eigenvalue weighted by atomic mass is 35.5. The van der Waals surface area contributed by atoms with Crippen molar-refractivity contribution in [2.75, 3.05) is 26.7 Å². The lowest BCUT2D eigenvalue weighted by molar-refractivity contribution is -0.119. The summed E-state index contributed by atoms with van der Waals surface area (Å²) in [5.74, 6) is 1.41. The van der Waals surface area contributed by atoms with Crippen LogP contribution in [-0.2, 0) is 24.9 Å². The average Bonchev–Trinajstić information content (AvgIpc) is 3.70. The molecule has 3 N–H and O–H groups in total. The quantitative estimate of drug-likeness (QED) is 0.167. The van der Waals surface area contributed by atoms with Crippen LogP contribution in [0.5, 0.6) is 5.88 Å². The Morgan fingerprint density at radius 3 is 2.37 bits per heavy atom. The van der Waals surface area contributed by atoms with Gasteiger partial charge in [0.25, 0.3) is 5.56 Å². The van der Waals surface area contributed by atoms with Gasteiger partial charge in [0, 0.05) is 91.2 Å². The van der Waals surface area contributed by atoms with Crippen LogP contribution in [0.4, 0.5) is 0 Å². The highest BCUT2D eigenvalue weighted by molar-refractivity contribution is 6.39. The van der Waals surface area contributed by atoms with Gasteiger partial charge in [0.2, 0.25) is 11.8 Å². The van der Waals surface area contributed by atoms with E-state index in [2.05, 4.69) is 15.5 Å². The van der Waals surface area contributed by atoms with Gasteiger partial charge in [-0.1, -0.05) is 65.7 Å². The van der Waals surface area contributed by atoms with Crippen molar-refractivity contribution in [3.63, 3.8) is 0 Å². The summed E-state index contributed by atoms with van der Waals surface area (Å²) in [5, 5.41) is 22.5. The predicted octanol–water partition coefficient (Wildman–Crippen LogP) is 5.32. The van der Waals surface area contributed by atoms with E-state index in [9.17, 15) is 14.7 Å². The zero-order valence-corrected chi connectivity index (χ0v) is 30.6. The van der Waals surface area contributed by atoms with Gasteiger partial charge < -0.3 is 20.5 Å². The van der Waals surface area contributed by atoms with Gasteiger partial charge in [-0.3, -0.25) is 19.1 Å². The lowest BCUT2D eigenvalue weighted by Crippen LogP contribution is -2.55. The van der Waals surface area contributed by atoms with E-state index in [1.54, 1.807) is 23.2 Å². The highest BCUT2D eigenvalue weighted by Gasteiger charge is 2.37. The largest absolute Gasteiger partial charge is 0.481 e. The van der Waals surface area contributed by atoms with Crippen LogP contribution in [-0.4, -0.2) is 73.5 Å². The van der Waals surface area contributed by atoms with Gasteiger partial charge in [0.05, 0.1) is 35.0 Å². The standard InChI is InChI=1S/C38H41Cl2N7O4/c1-38(2,50)24-19-46(20-24)21-32-44-47-18-23(15-31(47)37(49)45(32)3)26-7-5-8-27(34(26)39)28-9-6-10-29(35(28)40)30-13-11-22(36(43-30)51-4)16-41-17-25-12-14-33(48)42-25/h5-11,13,15,18,24-25,41,50H,12,14,16-17,19-21H2,1-4H3,(H,42,48)/t25-/m1/s1. The van der Waals surface area contributed by atoms with Crippen LogP contribution in [0.1, 0.15) is 38.1 Å². The maximum absolute atomic E-state index is 13.4. The van der Waals surface area contributed by atoms with E-state index in [-0.39, 0.29) is 23.4 Å². The van der Waals surface area contributed by atoms with E-state index in [4.69, 9.17) is 38.0 Å². The summed E-state index contributed by atoms with van der Waals surface area (Å²) in [4.78, 5) is 31.9. The second kappa shape index (κ2) is 14.0. The molecule has 1 amide bonds. The van der Waals surface area contributed by atoms with Crippen LogP contribution in [0, 0.1) is 5.92 Å². The van der Waals surface area contributed by atoms with Gasteiger partial charge in [-0.15, -0.1) is 0 Å². The van der Waals surface area contributed by atoms with Crippen LogP contribution >= 0.6 is 23.2 Å². The monoisotopic (exact) mass is 729 g/mol. The van der Waals surface area contributed by atoms with Crippen LogP contribution in [0.15, 0.2) is 65.6 Å². The van der Waals surface area contributed by atoms with Crippen molar-refractivity contribution in [1.82, 2.24) is 34.7 Å². The second-order valence-electron chi connectivity index (χ2n) is 14.0. The minimum Gasteiger partial charge on any atom is -0.481 e. The van der Waals surface area contributed by atoms with Crippen LogP contribution < -0.4 is 20.9 Å². The molecule has 11 nitrogen and oxygen atoms in total. The minimum atomic E-state index is -0.736. The Kier molecular flexibility index (Phi) is 9.68. The summed E-state index contributed by atoms with van der Waals surface area (Å²) in [6.07, 6.45) is 3.22. The normalized spacial score (nSPS) is 16.8. The molecule has 2 aromatic carbocycles. The van der Waals surface area contributed by atoms with Crippen LogP contribution in [0.3, 0.4) is 0 Å². The molecule has 0 unspecified atom stereocenters. The van der Waals surface area contributed by atoms with Crippen molar-refractivity contribution >= 4 is 34.6 Å². The topological polar surface area (TPSA) is 126 Å². The van der Waals surface area contributed by atoms with Crippen molar-refractivity contribution in [1.29, 1.82) is 0 Å². The summed E-state index contributed by atoms with van der Waals surface area (Å²) in [6.45, 7) is 6.87. The number of hydrogen-bond donors (Lipinski definition) is 3. The molecule has 0 saturated carbocycles. The van der Waals surface area contributed by atoms with Crippen molar-refractivity contribution < 1.29 is 14.6 Å². The molecule has 3 aromatic heterocycles.